The molecule has 23 heavy (non-hydrogen) atoms. The normalized spacial score (nSPS) is 15.6. The SMILES string of the molecule is Cc1ccc2[nH]c(=O)c(CCC(=O)N3CCCCCC3)cc2c1. The highest BCUT2D eigenvalue weighted by Crippen LogP contribution is 2.15. The second-order valence-electron chi connectivity index (χ2n) is 6.51. The number of aryl methyl sites for hydroxylation is 2. The van der Waals surface area contributed by atoms with Crippen molar-refractivity contribution in [3.8, 4) is 0 Å². The Morgan fingerprint density at radius 1 is 1.13 bits per heavy atom. The number of nitrogens with zero attached hydrogens (tertiary/aromatic N) is 1. The Labute approximate surface area is 136 Å². The molecule has 0 spiro atoms. The predicted octanol–water partition coefficient (Wildman–Crippen LogP) is 3.17. The van der Waals surface area contributed by atoms with Crippen molar-refractivity contribution in [2.24, 2.45) is 0 Å². The van der Waals surface area contributed by atoms with Gasteiger partial charge in [-0.05, 0) is 49.8 Å². The maximum absolute atomic E-state index is 12.4. The van der Waals surface area contributed by atoms with E-state index < -0.39 is 0 Å². The molecule has 0 atom stereocenters. The third-order valence-electron chi connectivity index (χ3n) is 4.64. The number of carbonyl (C=O) groups is 1. The van der Waals surface area contributed by atoms with Crippen molar-refractivity contribution in [3.05, 3.63) is 45.7 Å². The smallest absolute Gasteiger partial charge is 0.251 e. The maximum atomic E-state index is 12.4. The Kier molecular flexibility index (Phi) is 4.79. The first-order valence-corrected chi connectivity index (χ1v) is 8.54. The average Bonchev–Trinajstić information content (AvgIpc) is 2.82. The van der Waals surface area contributed by atoms with Gasteiger partial charge in [0, 0.05) is 30.6 Å². The molecule has 3 rings (SSSR count). The molecule has 0 unspecified atom stereocenters. The molecule has 1 N–H and O–H groups in total. The highest BCUT2D eigenvalue weighted by Gasteiger charge is 2.16. The van der Waals surface area contributed by atoms with Crippen molar-refractivity contribution in [3.63, 3.8) is 0 Å². The van der Waals surface area contributed by atoms with Crippen LogP contribution < -0.4 is 5.56 Å². The quantitative estimate of drug-likeness (QED) is 0.946. The van der Waals surface area contributed by atoms with Crippen LogP contribution in [0.2, 0.25) is 0 Å². The van der Waals surface area contributed by atoms with E-state index >= 15 is 0 Å². The second kappa shape index (κ2) is 6.99. The Balaban J connectivity index is 1.72. The van der Waals surface area contributed by atoms with Crippen LogP contribution in [0.25, 0.3) is 10.9 Å². The highest BCUT2D eigenvalue weighted by molar-refractivity contribution is 5.80. The van der Waals surface area contributed by atoms with E-state index in [0.717, 1.165) is 42.4 Å². The van der Waals surface area contributed by atoms with E-state index in [-0.39, 0.29) is 11.5 Å². The van der Waals surface area contributed by atoms with Gasteiger partial charge in [0.05, 0.1) is 0 Å². The van der Waals surface area contributed by atoms with E-state index in [1.807, 2.05) is 30.0 Å². The molecular formula is C19H24N2O2. The summed E-state index contributed by atoms with van der Waals surface area (Å²) in [5.74, 6) is 0.177. The van der Waals surface area contributed by atoms with E-state index in [2.05, 4.69) is 11.1 Å². The molecule has 1 aliphatic rings. The first-order valence-electron chi connectivity index (χ1n) is 8.54. The minimum Gasteiger partial charge on any atom is -0.343 e. The fourth-order valence-corrected chi connectivity index (χ4v) is 3.28. The van der Waals surface area contributed by atoms with Crippen LogP contribution >= 0.6 is 0 Å². The Morgan fingerprint density at radius 3 is 2.61 bits per heavy atom. The summed E-state index contributed by atoms with van der Waals surface area (Å²) in [6, 6.07) is 7.90. The number of nitrogens with one attached hydrogen (secondary N) is 1. The number of aromatic amines is 1. The first kappa shape index (κ1) is 15.8. The molecule has 1 aromatic heterocycles. The van der Waals surface area contributed by atoms with Crippen molar-refractivity contribution in [1.29, 1.82) is 0 Å². The van der Waals surface area contributed by atoms with Gasteiger partial charge in [-0.1, -0.05) is 24.5 Å². The molecule has 0 saturated carbocycles. The van der Waals surface area contributed by atoms with Gasteiger partial charge < -0.3 is 9.88 Å². The average molecular weight is 312 g/mol. The first-order chi connectivity index (χ1) is 11.1. The predicted molar refractivity (Wildman–Crippen MR) is 92.7 cm³/mol. The lowest BCUT2D eigenvalue weighted by Crippen LogP contribution is -2.32. The van der Waals surface area contributed by atoms with E-state index in [0.29, 0.717) is 18.4 Å². The topological polar surface area (TPSA) is 53.2 Å². The van der Waals surface area contributed by atoms with Crippen LogP contribution in [-0.2, 0) is 11.2 Å². The van der Waals surface area contributed by atoms with Crippen LogP contribution in [0, 0.1) is 6.92 Å². The Hall–Kier alpha value is -2.10. The zero-order valence-corrected chi connectivity index (χ0v) is 13.7. The minimum absolute atomic E-state index is 0.0787. The number of rotatable bonds is 3. The minimum atomic E-state index is -0.0787. The van der Waals surface area contributed by atoms with E-state index in [1.54, 1.807) is 0 Å². The zero-order chi connectivity index (χ0) is 16.2. The third kappa shape index (κ3) is 3.81. The summed E-state index contributed by atoms with van der Waals surface area (Å²) in [6.45, 7) is 3.77. The van der Waals surface area contributed by atoms with Crippen LogP contribution in [0.1, 0.15) is 43.2 Å². The lowest BCUT2D eigenvalue weighted by atomic mass is 10.1. The summed E-state index contributed by atoms with van der Waals surface area (Å²) in [7, 11) is 0. The molecule has 0 aliphatic carbocycles. The molecular weight excluding hydrogens is 288 g/mol. The molecule has 1 fully saturated rings. The summed E-state index contributed by atoms with van der Waals surface area (Å²) in [5, 5.41) is 1.03. The van der Waals surface area contributed by atoms with E-state index in [4.69, 9.17) is 0 Å². The summed E-state index contributed by atoms with van der Waals surface area (Å²) in [5.41, 5.74) is 2.63. The number of hydrogen-bond donors (Lipinski definition) is 1. The van der Waals surface area contributed by atoms with Crippen molar-refractivity contribution < 1.29 is 4.79 Å². The number of likely N-dealkylation sites (tertiary alicyclic amines) is 1. The van der Waals surface area contributed by atoms with Gasteiger partial charge in [0.25, 0.3) is 5.56 Å². The van der Waals surface area contributed by atoms with Gasteiger partial charge in [-0.2, -0.15) is 0 Å². The molecule has 4 heteroatoms. The molecule has 1 aliphatic heterocycles. The maximum Gasteiger partial charge on any atom is 0.251 e. The highest BCUT2D eigenvalue weighted by atomic mass is 16.2. The molecule has 1 amide bonds. The summed E-state index contributed by atoms with van der Waals surface area (Å²) >= 11 is 0. The van der Waals surface area contributed by atoms with Gasteiger partial charge >= 0.3 is 0 Å². The van der Waals surface area contributed by atoms with Crippen LogP contribution in [0.15, 0.2) is 29.1 Å². The van der Waals surface area contributed by atoms with Crippen LogP contribution in [0.5, 0.6) is 0 Å². The molecule has 122 valence electrons. The van der Waals surface area contributed by atoms with Gasteiger partial charge in [0.2, 0.25) is 5.91 Å². The number of H-pyrrole nitrogens is 1. The van der Waals surface area contributed by atoms with Gasteiger partial charge in [-0.25, -0.2) is 0 Å². The van der Waals surface area contributed by atoms with Crippen LogP contribution in [0.3, 0.4) is 0 Å². The molecule has 0 bridgehead atoms. The lowest BCUT2D eigenvalue weighted by Gasteiger charge is -2.20. The van der Waals surface area contributed by atoms with Crippen molar-refractivity contribution >= 4 is 16.8 Å². The Morgan fingerprint density at radius 2 is 1.87 bits per heavy atom. The molecule has 2 heterocycles. The van der Waals surface area contributed by atoms with Crippen molar-refractivity contribution in [2.45, 2.75) is 45.4 Å². The van der Waals surface area contributed by atoms with E-state index in [9.17, 15) is 9.59 Å². The number of hydrogen-bond acceptors (Lipinski definition) is 2. The van der Waals surface area contributed by atoms with Crippen molar-refractivity contribution in [1.82, 2.24) is 9.88 Å². The van der Waals surface area contributed by atoms with Gasteiger partial charge in [-0.3, -0.25) is 9.59 Å². The zero-order valence-electron chi connectivity index (χ0n) is 13.7. The number of amides is 1. The third-order valence-corrected chi connectivity index (χ3v) is 4.64. The molecule has 1 saturated heterocycles. The van der Waals surface area contributed by atoms with E-state index in [1.165, 1.54) is 12.8 Å². The van der Waals surface area contributed by atoms with Crippen LogP contribution in [0.4, 0.5) is 0 Å². The van der Waals surface area contributed by atoms with Crippen LogP contribution in [-0.4, -0.2) is 28.9 Å². The summed E-state index contributed by atoms with van der Waals surface area (Å²) in [6.07, 6.45) is 5.55. The summed E-state index contributed by atoms with van der Waals surface area (Å²) in [4.78, 5) is 29.4. The second-order valence-corrected chi connectivity index (χ2v) is 6.51. The number of aromatic nitrogens is 1. The largest absolute Gasteiger partial charge is 0.343 e. The fourth-order valence-electron chi connectivity index (χ4n) is 3.28. The lowest BCUT2D eigenvalue weighted by molar-refractivity contribution is -0.131. The molecule has 1 aromatic carbocycles. The van der Waals surface area contributed by atoms with Crippen molar-refractivity contribution in [2.75, 3.05) is 13.1 Å². The monoisotopic (exact) mass is 312 g/mol. The van der Waals surface area contributed by atoms with Gasteiger partial charge in [0.1, 0.15) is 0 Å². The van der Waals surface area contributed by atoms with Gasteiger partial charge in [0.15, 0.2) is 0 Å². The standard InChI is InChI=1S/C19H24N2O2/c1-14-6-8-17-16(12-14)13-15(19(23)20-17)7-9-18(22)21-10-4-2-3-5-11-21/h6,8,12-13H,2-5,7,9-11H2,1H3,(H,20,23). The molecule has 0 radical (unpaired) electrons. The van der Waals surface area contributed by atoms with Gasteiger partial charge in [-0.15, -0.1) is 0 Å². The fraction of sp³-hybridized carbons (Fsp3) is 0.474. The number of benzene rings is 1. The number of carbonyl (C=O) groups excluding carboxylic acids is 1. The Bertz CT molecular complexity index is 756. The molecule has 4 nitrogen and oxygen atoms in total. The summed E-state index contributed by atoms with van der Waals surface area (Å²) < 4.78 is 0. The molecule has 2 aromatic rings. The number of fused-ring (bicyclic) bond motifs is 1. The number of pyridine rings is 1.